The number of amides is 2. The number of carbonyl (C=O) groups is 1. The summed E-state index contributed by atoms with van der Waals surface area (Å²) in [5.41, 5.74) is 0. The van der Waals surface area contributed by atoms with Gasteiger partial charge in [-0.25, -0.2) is 4.79 Å². The van der Waals surface area contributed by atoms with E-state index in [1.54, 1.807) is 4.90 Å². The van der Waals surface area contributed by atoms with Crippen LogP contribution in [-0.2, 0) is 0 Å². The topological polar surface area (TPSA) is 32.3 Å². The Morgan fingerprint density at radius 2 is 2.08 bits per heavy atom. The Morgan fingerprint density at radius 3 is 2.54 bits per heavy atom. The molecule has 0 bridgehead atoms. The maximum absolute atomic E-state index is 11.3. The minimum absolute atomic E-state index is 0.0440. The number of urea groups is 1. The quantitative estimate of drug-likeness (QED) is 0.700. The molecule has 0 heterocycles. The van der Waals surface area contributed by atoms with E-state index in [0.717, 1.165) is 25.9 Å². The van der Waals surface area contributed by atoms with Crippen LogP contribution in [0.4, 0.5) is 4.79 Å². The van der Waals surface area contributed by atoms with Crippen LogP contribution in [0.25, 0.3) is 0 Å². The van der Waals surface area contributed by atoms with Crippen molar-refractivity contribution in [2.24, 2.45) is 5.92 Å². The van der Waals surface area contributed by atoms with Crippen molar-refractivity contribution in [2.45, 2.75) is 33.6 Å². The second-order valence-corrected chi connectivity index (χ2v) is 3.84. The van der Waals surface area contributed by atoms with Gasteiger partial charge >= 0.3 is 6.03 Å². The van der Waals surface area contributed by atoms with E-state index in [0.29, 0.717) is 5.92 Å². The Bertz CT molecular complexity index is 146. The highest BCUT2D eigenvalue weighted by atomic mass is 16.2. The lowest BCUT2D eigenvalue weighted by atomic mass is 10.1. The van der Waals surface area contributed by atoms with Crippen molar-refractivity contribution in [1.82, 2.24) is 10.2 Å². The lowest BCUT2D eigenvalue weighted by Gasteiger charge is -2.18. The minimum Gasteiger partial charge on any atom is -0.338 e. The molecule has 13 heavy (non-hydrogen) atoms. The van der Waals surface area contributed by atoms with Gasteiger partial charge in [0, 0.05) is 20.1 Å². The average Bonchev–Trinajstić information content (AvgIpc) is 2.10. The molecular weight excluding hydrogens is 164 g/mol. The second-order valence-electron chi connectivity index (χ2n) is 3.84. The molecule has 0 saturated heterocycles. The SMILES string of the molecule is CCCNC(=O)N(C)CCC(C)C. The molecule has 0 spiro atoms. The van der Waals surface area contributed by atoms with Gasteiger partial charge in [-0.05, 0) is 18.8 Å². The molecule has 0 rings (SSSR count). The molecule has 0 aliphatic rings. The van der Waals surface area contributed by atoms with Crippen LogP contribution in [0, 0.1) is 5.92 Å². The van der Waals surface area contributed by atoms with Gasteiger partial charge in [0.2, 0.25) is 0 Å². The van der Waals surface area contributed by atoms with Crippen molar-refractivity contribution in [3.63, 3.8) is 0 Å². The lowest BCUT2D eigenvalue weighted by Crippen LogP contribution is -2.38. The summed E-state index contributed by atoms with van der Waals surface area (Å²) in [5, 5.41) is 2.84. The summed E-state index contributed by atoms with van der Waals surface area (Å²) in [7, 11) is 1.84. The third-order valence-corrected chi connectivity index (χ3v) is 1.91. The highest BCUT2D eigenvalue weighted by molar-refractivity contribution is 5.73. The van der Waals surface area contributed by atoms with E-state index in [4.69, 9.17) is 0 Å². The first-order chi connectivity index (χ1) is 6.07. The third kappa shape index (κ3) is 6.43. The predicted molar refractivity (Wildman–Crippen MR) is 55.8 cm³/mol. The molecule has 3 nitrogen and oxygen atoms in total. The fourth-order valence-electron chi connectivity index (χ4n) is 0.920. The molecular formula is C10H22N2O. The molecule has 78 valence electrons. The van der Waals surface area contributed by atoms with Crippen LogP contribution in [0.5, 0.6) is 0 Å². The van der Waals surface area contributed by atoms with Gasteiger partial charge in [-0.3, -0.25) is 0 Å². The lowest BCUT2D eigenvalue weighted by molar-refractivity contribution is 0.206. The van der Waals surface area contributed by atoms with E-state index in [1.807, 2.05) is 14.0 Å². The third-order valence-electron chi connectivity index (χ3n) is 1.91. The van der Waals surface area contributed by atoms with E-state index in [9.17, 15) is 4.79 Å². The smallest absolute Gasteiger partial charge is 0.317 e. The molecule has 0 aliphatic heterocycles. The number of hydrogen-bond donors (Lipinski definition) is 1. The molecule has 0 saturated carbocycles. The van der Waals surface area contributed by atoms with Crippen LogP contribution in [-0.4, -0.2) is 31.1 Å². The van der Waals surface area contributed by atoms with E-state index < -0.39 is 0 Å². The molecule has 0 aromatic rings. The van der Waals surface area contributed by atoms with Gasteiger partial charge in [0.1, 0.15) is 0 Å². The van der Waals surface area contributed by atoms with Crippen LogP contribution in [0.2, 0.25) is 0 Å². The first-order valence-electron chi connectivity index (χ1n) is 5.06. The summed E-state index contributed by atoms with van der Waals surface area (Å²) >= 11 is 0. The Hall–Kier alpha value is -0.730. The highest BCUT2D eigenvalue weighted by Crippen LogP contribution is 2.00. The van der Waals surface area contributed by atoms with Gasteiger partial charge in [-0.1, -0.05) is 20.8 Å². The van der Waals surface area contributed by atoms with Crippen molar-refractivity contribution in [3.8, 4) is 0 Å². The van der Waals surface area contributed by atoms with Crippen molar-refractivity contribution in [3.05, 3.63) is 0 Å². The Balaban J connectivity index is 3.57. The highest BCUT2D eigenvalue weighted by Gasteiger charge is 2.06. The molecule has 0 aromatic carbocycles. The van der Waals surface area contributed by atoms with E-state index in [1.165, 1.54) is 0 Å². The molecule has 0 unspecified atom stereocenters. The van der Waals surface area contributed by atoms with Gasteiger partial charge in [0.15, 0.2) is 0 Å². The van der Waals surface area contributed by atoms with Crippen LogP contribution in [0.3, 0.4) is 0 Å². The van der Waals surface area contributed by atoms with Crippen LogP contribution in [0.15, 0.2) is 0 Å². The first-order valence-corrected chi connectivity index (χ1v) is 5.06. The molecule has 1 N–H and O–H groups in total. The van der Waals surface area contributed by atoms with Gasteiger partial charge in [-0.15, -0.1) is 0 Å². The zero-order chi connectivity index (χ0) is 10.3. The van der Waals surface area contributed by atoms with Gasteiger partial charge < -0.3 is 10.2 Å². The summed E-state index contributed by atoms with van der Waals surface area (Å²) in [6.07, 6.45) is 2.06. The number of rotatable bonds is 5. The average molecular weight is 186 g/mol. The van der Waals surface area contributed by atoms with Crippen LogP contribution >= 0.6 is 0 Å². The predicted octanol–water partition coefficient (Wildman–Crippen LogP) is 2.08. The number of hydrogen-bond acceptors (Lipinski definition) is 1. The summed E-state index contributed by atoms with van der Waals surface area (Å²) < 4.78 is 0. The molecule has 0 atom stereocenters. The summed E-state index contributed by atoms with van der Waals surface area (Å²) in [5.74, 6) is 0.654. The Kier molecular flexibility index (Phi) is 6.37. The van der Waals surface area contributed by atoms with E-state index in [-0.39, 0.29) is 6.03 Å². The number of carbonyl (C=O) groups excluding carboxylic acids is 1. The van der Waals surface area contributed by atoms with Gasteiger partial charge in [0.05, 0.1) is 0 Å². The molecule has 0 radical (unpaired) electrons. The fraction of sp³-hybridized carbons (Fsp3) is 0.900. The Labute approximate surface area is 81.5 Å². The minimum atomic E-state index is 0.0440. The molecule has 2 amide bonds. The summed E-state index contributed by atoms with van der Waals surface area (Å²) in [6, 6.07) is 0.0440. The normalized spacial score (nSPS) is 10.2. The molecule has 3 heteroatoms. The molecule has 0 fully saturated rings. The largest absolute Gasteiger partial charge is 0.338 e. The van der Waals surface area contributed by atoms with Crippen molar-refractivity contribution in [1.29, 1.82) is 0 Å². The standard InChI is InChI=1S/C10H22N2O/c1-5-7-11-10(13)12(4)8-6-9(2)3/h9H,5-8H2,1-4H3,(H,11,13). The zero-order valence-corrected chi connectivity index (χ0v) is 9.26. The molecule has 0 aromatic heterocycles. The van der Waals surface area contributed by atoms with Gasteiger partial charge in [0.25, 0.3) is 0 Å². The summed E-state index contributed by atoms with van der Waals surface area (Å²) in [6.45, 7) is 7.99. The van der Waals surface area contributed by atoms with Crippen molar-refractivity contribution >= 4 is 6.03 Å². The van der Waals surface area contributed by atoms with Crippen molar-refractivity contribution in [2.75, 3.05) is 20.1 Å². The monoisotopic (exact) mass is 186 g/mol. The maximum atomic E-state index is 11.3. The van der Waals surface area contributed by atoms with Crippen LogP contribution < -0.4 is 5.32 Å². The number of nitrogens with zero attached hydrogens (tertiary/aromatic N) is 1. The van der Waals surface area contributed by atoms with Crippen LogP contribution in [0.1, 0.15) is 33.6 Å². The number of nitrogens with one attached hydrogen (secondary N) is 1. The zero-order valence-electron chi connectivity index (χ0n) is 9.26. The van der Waals surface area contributed by atoms with Gasteiger partial charge in [-0.2, -0.15) is 0 Å². The Morgan fingerprint density at radius 1 is 1.46 bits per heavy atom. The fourth-order valence-corrected chi connectivity index (χ4v) is 0.920. The first kappa shape index (κ1) is 12.3. The molecule has 0 aliphatic carbocycles. The summed E-state index contributed by atoms with van der Waals surface area (Å²) in [4.78, 5) is 13.1. The van der Waals surface area contributed by atoms with E-state index >= 15 is 0 Å². The second kappa shape index (κ2) is 6.75. The van der Waals surface area contributed by atoms with Crippen molar-refractivity contribution < 1.29 is 4.79 Å². The van der Waals surface area contributed by atoms with E-state index in [2.05, 4.69) is 19.2 Å². The maximum Gasteiger partial charge on any atom is 0.317 e.